The first-order valence-electron chi connectivity index (χ1n) is 8.28. The molecular weight excluding hydrogens is 272 g/mol. The summed E-state index contributed by atoms with van der Waals surface area (Å²) in [5, 5.41) is 10.4. The molecule has 3 unspecified atom stereocenters. The van der Waals surface area contributed by atoms with E-state index in [4.69, 9.17) is 0 Å². The summed E-state index contributed by atoms with van der Waals surface area (Å²) in [7, 11) is -2.95. The van der Waals surface area contributed by atoms with E-state index in [1.54, 1.807) is 0 Å². The third kappa shape index (κ3) is 3.97. The molecule has 118 valence electrons. The average Bonchev–Trinajstić information content (AvgIpc) is 2.46. The molecule has 0 radical (unpaired) electrons. The van der Waals surface area contributed by atoms with Gasteiger partial charge < -0.3 is 5.11 Å². The van der Waals surface area contributed by atoms with Gasteiger partial charge >= 0.3 is 0 Å². The molecular formula is C16H30O3S. The van der Waals surface area contributed by atoms with Gasteiger partial charge in [0, 0.05) is 6.26 Å². The summed E-state index contributed by atoms with van der Waals surface area (Å²) in [6, 6.07) is 0. The first kappa shape index (κ1) is 16.3. The third-order valence-electron chi connectivity index (χ3n) is 5.71. The summed E-state index contributed by atoms with van der Waals surface area (Å²) < 4.78 is 23.5. The minimum Gasteiger partial charge on any atom is -0.393 e. The van der Waals surface area contributed by atoms with E-state index >= 15 is 0 Å². The van der Waals surface area contributed by atoms with E-state index in [-0.39, 0.29) is 17.3 Å². The maximum absolute atomic E-state index is 11.7. The maximum Gasteiger partial charge on any atom is 0.150 e. The molecule has 0 spiro atoms. The number of hydrogen-bond acceptors (Lipinski definition) is 3. The smallest absolute Gasteiger partial charge is 0.150 e. The molecule has 4 heteroatoms. The van der Waals surface area contributed by atoms with Crippen molar-refractivity contribution in [1.82, 2.24) is 0 Å². The zero-order chi connectivity index (χ0) is 14.8. The van der Waals surface area contributed by atoms with Crippen LogP contribution in [0.2, 0.25) is 0 Å². The van der Waals surface area contributed by atoms with Crippen molar-refractivity contribution in [3.63, 3.8) is 0 Å². The van der Waals surface area contributed by atoms with E-state index in [1.807, 2.05) is 0 Å². The van der Waals surface area contributed by atoms with Crippen LogP contribution in [0.15, 0.2) is 0 Å². The number of aliphatic hydroxyl groups excluding tert-OH is 1. The second kappa shape index (κ2) is 6.78. The molecule has 2 saturated carbocycles. The van der Waals surface area contributed by atoms with Crippen LogP contribution >= 0.6 is 0 Å². The van der Waals surface area contributed by atoms with Crippen LogP contribution in [-0.4, -0.2) is 31.1 Å². The number of sulfone groups is 1. The summed E-state index contributed by atoms with van der Waals surface area (Å²) >= 11 is 0. The van der Waals surface area contributed by atoms with Gasteiger partial charge in [-0.1, -0.05) is 32.6 Å². The highest BCUT2D eigenvalue weighted by Gasteiger charge is 2.36. The van der Waals surface area contributed by atoms with Crippen molar-refractivity contribution in [2.45, 2.75) is 76.1 Å². The lowest BCUT2D eigenvalue weighted by molar-refractivity contribution is 0.0126. The molecule has 2 aliphatic carbocycles. The number of hydrogen-bond donors (Lipinski definition) is 1. The second-order valence-corrected chi connectivity index (χ2v) is 9.38. The van der Waals surface area contributed by atoms with Gasteiger partial charge in [-0.05, 0) is 49.9 Å². The molecule has 0 saturated heterocycles. The monoisotopic (exact) mass is 302 g/mol. The molecule has 0 aromatic rings. The standard InChI is InChI=1S/C16H30O3S/c1-3-12-7-9-13(10-8-12)16(17)14-5-4-6-15(11-14)20(2,18)19/h12-17H,3-11H2,1-2H3. The van der Waals surface area contributed by atoms with Crippen molar-refractivity contribution < 1.29 is 13.5 Å². The minimum atomic E-state index is -2.95. The zero-order valence-electron chi connectivity index (χ0n) is 12.9. The summed E-state index contributed by atoms with van der Waals surface area (Å²) in [5.41, 5.74) is 0. The van der Waals surface area contributed by atoms with Crippen LogP contribution in [0.4, 0.5) is 0 Å². The molecule has 20 heavy (non-hydrogen) atoms. The minimum absolute atomic E-state index is 0.201. The van der Waals surface area contributed by atoms with Gasteiger partial charge in [0.1, 0.15) is 9.84 Å². The third-order valence-corrected chi connectivity index (χ3v) is 7.35. The first-order valence-corrected chi connectivity index (χ1v) is 10.2. The molecule has 0 aliphatic heterocycles. The Balaban J connectivity index is 1.90. The van der Waals surface area contributed by atoms with Crippen LogP contribution in [0.5, 0.6) is 0 Å². The summed E-state index contributed by atoms with van der Waals surface area (Å²) in [6.07, 6.45) is 10.4. The Hall–Kier alpha value is -0.0900. The fourth-order valence-electron chi connectivity index (χ4n) is 4.20. The molecule has 2 aliphatic rings. The van der Waals surface area contributed by atoms with Crippen LogP contribution in [0, 0.1) is 17.8 Å². The van der Waals surface area contributed by atoms with Crippen molar-refractivity contribution in [3.05, 3.63) is 0 Å². The average molecular weight is 302 g/mol. The van der Waals surface area contributed by atoms with Gasteiger partial charge in [-0.15, -0.1) is 0 Å². The van der Waals surface area contributed by atoms with Crippen LogP contribution in [-0.2, 0) is 9.84 Å². The topological polar surface area (TPSA) is 54.4 Å². The Bertz CT molecular complexity index is 396. The van der Waals surface area contributed by atoms with E-state index < -0.39 is 9.84 Å². The normalized spacial score (nSPS) is 37.5. The highest BCUT2D eigenvalue weighted by atomic mass is 32.2. The summed E-state index contributed by atoms with van der Waals surface area (Å²) in [6.45, 7) is 2.25. The molecule has 0 amide bonds. The lowest BCUT2D eigenvalue weighted by atomic mass is 9.72. The van der Waals surface area contributed by atoms with Crippen molar-refractivity contribution in [2.75, 3.05) is 6.26 Å². The van der Waals surface area contributed by atoms with Crippen LogP contribution in [0.3, 0.4) is 0 Å². The Morgan fingerprint density at radius 3 is 2.25 bits per heavy atom. The second-order valence-electron chi connectivity index (χ2n) is 7.06. The first-order chi connectivity index (χ1) is 9.41. The molecule has 0 heterocycles. The Kier molecular flexibility index (Phi) is 5.52. The van der Waals surface area contributed by atoms with Gasteiger partial charge in [0.05, 0.1) is 11.4 Å². The molecule has 2 rings (SSSR count). The van der Waals surface area contributed by atoms with E-state index in [0.717, 1.165) is 38.0 Å². The van der Waals surface area contributed by atoms with Crippen molar-refractivity contribution in [3.8, 4) is 0 Å². The van der Waals surface area contributed by atoms with Crippen LogP contribution in [0.25, 0.3) is 0 Å². The number of rotatable bonds is 4. The van der Waals surface area contributed by atoms with Gasteiger partial charge in [-0.3, -0.25) is 0 Å². The molecule has 3 nitrogen and oxygen atoms in total. The van der Waals surface area contributed by atoms with Gasteiger partial charge in [0.25, 0.3) is 0 Å². The lowest BCUT2D eigenvalue weighted by Crippen LogP contribution is -2.38. The Morgan fingerprint density at radius 1 is 1.05 bits per heavy atom. The Morgan fingerprint density at radius 2 is 1.70 bits per heavy atom. The SMILES string of the molecule is CCC1CCC(C(O)C2CCCC(S(C)(=O)=O)C2)CC1. The molecule has 0 bridgehead atoms. The van der Waals surface area contributed by atoms with Crippen LogP contribution in [0.1, 0.15) is 64.7 Å². The van der Waals surface area contributed by atoms with Crippen molar-refractivity contribution in [2.24, 2.45) is 17.8 Å². The van der Waals surface area contributed by atoms with Gasteiger partial charge in [-0.2, -0.15) is 0 Å². The fourth-order valence-corrected chi connectivity index (χ4v) is 5.39. The van der Waals surface area contributed by atoms with E-state index in [1.165, 1.54) is 25.5 Å². The molecule has 0 aromatic heterocycles. The van der Waals surface area contributed by atoms with E-state index in [9.17, 15) is 13.5 Å². The Labute approximate surface area is 124 Å². The molecule has 1 N–H and O–H groups in total. The number of aliphatic hydroxyl groups is 1. The summed E-state index contributed by atoms with van der Waals surface area (Å²) in [5.74, 6) is 1.45. The predicted molar refractivity (Wildman–Crippen MR) is 82.3 cm³/mol. The molecule has 3 atom stereocenters. The predicted octanol–water partition coefficient (Wildman–Crippen LogP) is 3.17. The van der Waals surface area contributed by atoms with E-state index in [0.29, 0.717) is 12.3 Å². The summed E-state index contributed by atoms with van der Waals surface area (Å²) in [4.78, 5) is 0. The quantitative estimate of drug-likeness (QED) is 0.868. The molecule has 2 fully saturated rings. The van der Waals surface area contributed by atoms with Crippen LogP contribution < -0.4 is 0 Å². The van der Waals surface area contributed by atoms with Gasteiger partial charge in [-0.25, -0.2) is 8.42 Å². The van der Waals surface area contributed by atoms with Gasteiger partial charge in [0.2, 0.25) is 0 Å². The van der Waals surface area contributed by atoms with E-state index in [2.05, 4.69) is 6.92 Å². The highest BCUT2D eigenvalue weighted by Crippen LogP contribution is 2.39. The van der Waals surface area contributed by atoms with Gasteiger partial charge in [0.15, 0.2) is 0 Å². The maximum atomic E-state index is 11.7. The van der Waals surface area contributed by atoms with Crippen molar-refractivity contribution >= 4 is 9.84 Å². The fraction of sp³-hybridized carbons (Fsp3) is 1.00. The molecule has 0 aromatic carbocycles. The zero-order valence-corrected chi connectivity index (χ0v) is 13.7. The largest absolute Gasteiger partial charge is 0.393 e. The lowest BCUT2D eigenvalue weighted by Gasteiger charge is -2.38. The highest BCUT2D eigenvalue weighted by molar-refractivity contribution is 7.91. The van der Waals surface area contributed by atoms with Crippen molar-refractivity contribution in [1.29, 1.82) is 0 Å².